The van der Waals surface area contributed by atoms with E-state index in [0.29, 0.717) is 12.8 Å². The van der Waals surface area contributed by atoms with Crippen molar-refractivity contribution in [2.45, 2.75) is 45.6 Å². The van der Waals surface area contributed by atoms with Crippen LogP contribution >= 0.6 is 0 Å². The van der Waals surface area contributed by atoms with Gasteiger partial charge in [-0.3, -0.25) is 4.90 Å². The van der Waals surface area contributed by atoms with E-state index in [1.165, 1.54) is 37.1 Å². The molecule has 0 radical (unpaired) electrons. The van der Waals surface area contributed by atoms with E-state index in [4.69, 9.17) is 9.47 Å². The number of ether oxygens (including phenoxy) is 2. The molecule has 0 fully saturated rings. The maximum atomic E-state index is 5.48. The van der Waals surface area contributed by atoms with Gasteiger partial charge in [0, 0.05) is 6.04 Å². The number of fused-ring (bicyclic) bond motifs is 2. The lowest BCUT2D eigenvalue weighted by Crippen LogP contribution is -2.37. The smallest absolute Gasteiger partial charge is 0.231 e. The minimum Gasteiger partial charge on any atom is -0.454 e. The summed E-state index contributed by atoms with van der Waals surface area (Å²) in [6.07, 6.45) is 4.78. The zero-order valence-electron chi connectivity index (χ0n) is 11.9. The highest BCUT2D eigenvalue weighted by Crippen LogP contribution is 2.38. The quantitative estimate of drug-likeness (QED) is 0.813. The van der Waals surface area contributed by atoms with Gasteiger partial charge < -0.3 is 9.47 Å². The SMILES string of the molecule is CCCN(CCC)C1Cc2cc3c(cc2C1)OCO3. The molecular formula is C16H23NO2. The van der Waals surface area contributed by atoms with E-state index in [1.54, 1.807) is 0 Å². The van der Waals surface area contributed by atoms with Crippen LogP contribution < -0.4 is 9.47 Å². The van der Waals surface area contributed by atoms with E-state index >= 15 is 0 Å². The van der Waals surface area contributed by atoms with Crippen molar-refractivity contribution in [3.8, 4) is 11.5 Å². The average Bonchev–Trinajstić information content (AvgIpc) is 3.00. The second-order valence-electron chi connectivity index (χ2n) is 5.57. The standard InChI is InChI=1S/C16H23NO2/c1-3-5-17(6-4-2)14-7-12-9-15-16(19-11-18-15)10-13(12)8-14/h9-10,14H,3-8,11H2,1-2H3. The summed E-state index contributed by atoms with van der Waals surface area (Å²) in [4.78, 5) is 2.65. The van der Waals surface area contributed by atoms with Gasteiger partial charge in [0.1, 0.15) is 0 Å². The third-order valence-electron chi connectivity index (χ3n) is 4.14. The molecule has 0 saturated carbocycles. The molecule has 3 heteroatoms. The zero-order chi connectivity index (χ0) is 13.2. The lowest BCUT2D eigenvalue weighted by molar-refractivity contribution is 0.173. The molecule has 2 aliphatic rings. The first kappa shape index (κ1) is 12.8. The Balaban J connectivity index is 1.76. The second-order valence-corrected chi connectivity index (χ2v) is 5.57. The fourth-order valence-electron chi connectivity index (χ4n) is 3.30. The molecule has 1 aliphatic carbocycles. The molecule has 0 aromatic heterocycles. The zero-order valence-corrected chi connectivity index (χ0v) is 11.9. The molecule has 0 saturated heterocycles. The second kappa shape index (κ2) is 5.41. The Labute approximate surface area is 115 Å². The van der Waals surface area contributed by atoms with Crippen LogP contribution in [0.5, 0.6) is 11.5 Å². The van der Waals surface area contributed by atoms with Gasteiger partial charge in [-0.25, -0.2) is 0 Å². The molecular weight excluding hydrogens is 238 g/mol. The predicted molar refractivity (Wildman–Crippen MR) is 75.9 cm³/mol. The van der Waals surface area contributed by atoms with Crippen LogP contribution in [-0.2, 0) is 12.8 Å². The normalized spacial score (nSPS) is 17.2. The summed E-state index contributed by atoms with van der Waals surface area (Å²) in [5.74, 6) is 1.86. The van der Waals surface area contributed by atoms with Gasteiger partial charge in [0.25, 0.3) is 0 Å². The van der Waals surface area contributed by atoms with Gasteiger partial charge in [-0.05, 0) is 62.0 Å². The topological polar surface area (TPSA) is 21.7 Å². The van der Waals surface area contributed by atoms with Gasteiger partial charge in [-0.15, -0.1) is 0 Å². The molecule has 19 heavy (non-hydrogen) atoms. The van der Waals surface area contributed by atoms with Crippen LogP contribution in [0.25, 0.3) is 0 Å². The molecule has 1 aromatic carbocycles. The van der Waals surface area contributed by atoms with Crippen LogP contribution in [-0.4, -0.2) is 30.8 Å². The minimum atomic E-state index is 0.374. The van der Waals surface area contributed by atoms with Gasteiger partial charge in [0.2, 0.25) is 6.79 Å². The third kappa shape index (κ3) is 2.44. The third-order valence-corrected chi connectivity index (χ3v) is 4.14. The summed E-state index contributed by atoms with van der Waals surface area (Å²) in [7, 11) is 0. The molecule has 1 heterocycles. The first-order valence-electron chi connectivity index (χ1n) is 7.47. The Morgan fingerprint density at radius 2 is 1.53 bits per heavy atom. The van der Waals surface area contributed by atoms with Gasteiger partial charge in [0.15, 0.2) is 11.5 Å². The number of hydrogen-bond donors (Lipinski definition) is 0. The van der Waals surface area contributed by atoms with Crippen LogP contribution in [0.15, 0.2) is 12.1 Å². The molecule has 0 N–H and O–H groups in total. The Morgan fingerprint density at radius 3 is 2.00 bits per heavy atom. The van der Waals surface area contributed by atoms with Crippen molar-refractivity contribution >= 4 is 0 Å². The van der Waals surface area contributed by atoms with Gasteiger partial charge in [-0.1, -0.05) is 13.8 Å². The Bertz CT molecular complexity index is 419. The van der Waals surface area contributed by atoms with Crippen molar-refractivity contribution in [3.63, 3.8) is 0 Å². The summed E-state index contributed by atoms with van der Waals surface area (Å²) < 4.78 is 11.0. The van der Waals surface area contributed by atoms with Crippen LogP contribution in [0.1, 0.15) is 37.8 Å². The maximum absolute atomic E-state index is 5.48. The van der Waals surface area contributed by atoms with E-state index in [0.717, 1.165) is 24.3 Å². The molecule has 104 valence electrons. The minimum absolute atomic E-state index is 0.374. The molecule has 3 nitrogen and oxygen atoms in total. The van der Waals surface area contributed by atoms with Crippen molar-refractivity contribution in [1.29, 1.82) is 0 Å². The number of nitrogens with zero attached hydrogens (tertiary/aromatic N) is 1. The first-order chi connectivity index (χ1) is 9.31. The predicted octanol–water partition coefficient (Wildman–Crippen LogP) is 3.00. The Hall–Kier alpha value is -1.22. The van der Waals surface area contributed by atoms with Crippen molar-refractivity contribution in [2.24, 2.45) is 0 Å². The molecule has 0 atom stereocenters. The Kier molecular flexibility index (Phi) is 3.65. The van der Waals surface area contributed by atoms with Crippen molar-refractivity contribution in [1.82, 2.24) is 4.90 Å². The van der Waals surface area contributed by atoms with Crippen molar-refractivity contribution in [2.75, 3.05) is 19.9 Å². The van der Waals surface area contributed by atoms with Crippen LogP contribution in [0, 0.1) is 0 Å². The monoisotopic (exact) mass is 261 g/mol. The molecule has 0 spiro atoms. The highest BCUT2D eigenvalue weighted by molar-refractivity contribution is 5.50. The fraction of sp³-hybridized carbons (Fsp3) is 0.625. The lowest BCUT2D eigenvalue weighted by Gasteiger charge is -2.27. The molecule has 0 amide bonds. The highest BCUT2D eigenvalue weighted by atomic mass is 16.7. The van der Waals surface area contributed by atoms with E-state index in [-0.39, 0.29) is 0 Å². The van der Waals surface area contributed by atoms with Crippen LogP contribution in [0.2, 0.25) is 0 Å². The van der Waals surface area contributed by atoms with Crippen LogP contribution in [0.3, 0.4) is 0 Å². The van der Waals surface area contributed by atoms with Gasteiger partial charge >= 0.3 is 0 Å². The van der Waals surface area contributed by atoms with Crippen molar-refractivity contribution in [3.05, 3.63) is 23.3 Å². The molecule has 1 aliphatic heterocycles. The molecule has 3 rings (SSSR count). The molecule has 1 aromatic rings. The summed E-state index contributed by atoms with van der Waals surface area (Å²) in [6, 6.07) is 5.04. The van der Waals surface area contributed by atoms with Crippen LogP contribution in [0.4, 0.5) is 0 Å². The van der Waals surface area contributed by atoms with E-state index in [9.17, 15) is 0 Å². The van der Waals surface area contributed by atoms with E-state index < -0.39 is 0 Å². The summed E-state index contributed by atoms with van der Waals surface area (Å²) in [6.45, 7) is 7.32. The lowest BCUT2D eigenvalue weighted by atomic mass is 10.1. The van der Waals surface area contributed by atoms with Gasteiger partial charge in [-0.2, -0.15) is 0 Å². The average molecular weight is 261 g/mol. The van der Waals surface area contributed by atoms with E-state index in [2.05, 4.69) is 30.9 Å². The largest absolute Gasteiger partial charge is 0.454 e. The van der Waals surface area contributed by atoms with E-state index in [1.807, 2.05) is 0 Å². The summed E-state index contributed by atoms with van der Waals surface area (Å²) >= 11 is 0. The molecule has 0 unspecified atom stereocenters. The highest BCUT2D eigenvalue weighted by Gasteiger charge is 2.28. The summed E-state index contributed by atoms with van der Waals surface area (Å²) in [5, 5.41) is 0. The fourth-order valence-corrected chi connectivity index (χ4v) is 3.30. The maximum Gasteiger partial charge on any atom is 0.231 e. The first-order valence-corrected chi connectivity index (χ1v) is 7.47. The van der Waals surface area contributed by atoms with Gasteiger partial charge in [0.05, 0.1) is 0 Å². The number of hydrogen-bond acceptors (Lipinski definition) is 3. The number of benzene rings is 1. The Morgan fingerprint density at radius 1 is 1.00 bits per heavy atom. The number of rotatable bonds is 5. The van der Waals surface area contributed by atoms with Crippen molar-refractivity contribution < 1.29 is 9.47 Å². The summed E-state index contributed by atoms with van der Waals surface area (Å²) in [5.41, 5.74) is 2.90. The molecule has 0 bridgehead atoms.